The SMILES string of the molecule is CCC(C)(C)c1ccc(-c2cc(-c3ccccc3)c3ccccc3n2)cc1. The second-order valence-corrected chi connectivity index (χ2v) is 7.75. The Hall–Kier alpha value is -2.93. The molecule has 4 aromatic rings. The number of nitrogens with zero attached hydrogens (tertiary/aromatic N) is 1. The van der Waals surface area contributed by atoms with Gasteiger partial charge in [0.05, 0.1) is 11.2 Å². The van der Waals surface area contributed by atoms with Crippen LogP contribution in [0.5, 0.6) is 0 Å². The van der Waals surface area contributed by atoms with Gasteiger partial charge in [-0.2, -0.15) is 0 Å². The van der Waals surface area contributed by atoms with Gasteiger partial charge in [0.1, 0.15) is 0 Å². The highest BCUT2D eigenvalue weighted by Crippen LogP contribution is 2.33. The molecule has 1 nitrogen and oxygen atoms in total. The molecule has 1 heterocycles. The molecule has 0 spiro atoms. The number of fused-ring (bicyclic) bond motifs is 1. The zero-order chi connectivity index (χ0) is 18.9. The van der Waals surface area contributed by atoms with Crippen molar-refractivity contribution in [3.63, 3.8) is 0 Å². The predicted octanol–water partition coefficient (Wildman–Crippen LogP) is 7.26. The van der Waals surface area contributed by atoms with E-state index in [9.17, 15) is 0 Å². The summed E-state index contributed by atoms with van der Waals surface area (Å²) in [4.78, 5) is 4.94. The summed E-state index contributed by atoms with van der Waals surface area (Å²) in [5.74, 6) is 0. The van der Waals surface area contributed by atoms with Crippen molar-refractivity contribution in [3.8, 4) is 22.4 Å². The van der Waals surface area contributed by atoms with Crippen LogP contribution in [0.1, 0.15) is 32.8 Å². The molecule has 0 aliphatic carbocycles. The van der Waals surface area contributed by atoms with Crippen LogP contribution >= 0.6 is 0 Å². The lowest BCUT2D eigenvalue weighted by molar-refractivity contribution is 0.506. The monoisotopic (exact) mass is 351 g/mol. The van der Waals surface area contributed by atoms with Crippen molar-refractivity contribution in [1.82, 2.24) is 4.98 Å². The molecular formula is C26H25N. The van der Waals surface area contributed by atoms with Crippen molar-refractivity contribution in [2.75, 3.05) is 0 Å². The Morgan fingerprint density at radius 2 is 1.41 bits per heavy atom. The van der Waals surface area contributed by atoms with E-state index in [1.807, 2.05) is 0 Å². The van der Waals surface area contributed by atoms with Gasteiger partial charge in [-0.15, -0.1) is 0 Å². The minimum absolute atomic E-state index is 0.199. The van der Waals surface area contributed by atoms with E-state index < -0.39 is 0 Å². The molecule has 0 N–H and O–H groups in total. The molecule has 0 aliphatic heterocycles. The van der Waals surface area contributed by atoms with Crippen molar-refractivity contribution in [1.29, 1.82) is 0 Å². The predicted molar refractivity (Wildman–Crippen MR) is 116 cm³/mol. The van der Waals surface area contributed by atoms with Crippen molar-refractivity contribution in [2.45, 2.75) is 32.6 Å². The van der Waals surface area contributed by atoms with Crippen molar-refractivity contribution >= 4 is 10.9 Å². The first kappa shape index (κ1) is 17.5. The fourth-order valence-corrected chi connectivity index (χ4v) is 3.48. The lowest BCUT2D eigenvalue weighted by atomic mass is 9.82. The lowest BCUT2D eigenvalue weighted by Gasteiger charge is -2.23. The Labute approximate surface area is 161 Å². The van der Waals surface area contributed by atoms with Gasteiger partial charge in [-0.05, 0) is 40.7 Å². The summed E-state index contributed by atoms with van der Waals surface area (Å²) in [7, 11) is 0. The summed E-state index contributed by atoms with van der Waals surface area (Å²) in [6.45, 7) is 6.83. The first-order valence-corrected chi connectivity index (χ1v) is 9.64. The molecule has 0 saturated carbocycles. The normalized spacial score (nSPS) is 11.7. The molecule has 3 aromatic carbocycles. The first-order valence-electron chi connectivity index (χ1n) is 9.64. The number of pyridine rings is 1. The quantitative estimate of drug-likeness (QED) is 0.377. The molecule has 4 rings (SSSR count). The molecule has 0 bridgehead atoms. The van der Waals surface area contributed by atoms with Gasteiger partial charge in [-0.25, -0.2) is 4.98 Å². The second kappa shape index (κ2) is 7.00. The number of rotatable bonds is 4. The average molecular weight is 351 g/mol. The highest BCUT2D eigenvalue weighted by Gasteiger charge is 2.18. The highest BCUT2D eigenvalue weighted by atomic mass is 14.7. The van der Waals surface area contributed by atoms with Crippen molar-refractivity contribution in [2.24, 2.45) is 0 Å². The van der Waals surface area contributed by atoms with Crippen LogP contribution in [0.15, 0.2) is 84.9 Å². The molecule has 134 valence electrons. The molecule has 1 aromatic heterocycles. The van der Waals surface area contributed by atoms with Crippen LogP contribution in [0.2, 0.25) is 0 Å². The van der Waals surface area contributed by atoms with E-state index in [1.165, 1.54) is 22.1 Å². The van der Waals surface area contributed by atoms with Gasteiger partial charge in [0, 0.05) is 10.9 Å². The summed E-state index contributed by atoms with van der Waals surface area (Å²) in [6.07, 6.45) is 1.12. The lowest BCUT2D eigenvalue weighted by Crippen LogP contribution is -2.14. The Morgan fingerprint density at radius 3 is 2.11 bits per heavy atom. The second-order valence-electron chi connectivity index (χ2n) is 7.75. The number of benzene rings is 3. The smallest absolute Gasteiger partial charge is 0.0715 e. The Morgan fingerprint density at radius 1 is 0.741 bits per heavy atom. The fraction of sp³-hybridized carbons (Fsp3) is 0.192. The van der Waals surface area contributed by atoms with Crippen LogP contribution in [0.3, 0.4) is 0 Å². The topological polar surface area (TPSA) is 12.9 Å². The number of aromatic nitrogens is 1. The Balaban J connectivity index is 1.86. The average Bonchev–Trinajstić information content (AvgIpc) is 2.73. The van der Waals surface area contributed by atoms with Crippen LogP contribution in [-0.4, -0.2) is 4.98 Å². The molecule has 0 unspecified atom stereocenters. The molecule has 1 heteroatoms. The zero-order valence-electron chi connectivity index (χ0n) is 16.2. The van der Waals surface area contributed by atoms with Crippen LogP contribution in [0, 0.1) is 0 Å². The summed E-state index contributed by atoms with van der Waals surface area (Å²) in [5.41, 5.74) is 7.24. The summed E-state index contributed by atoms with van der Waals surface area (Å²) < 4.78 is 0. The largest absolute Gasteiger partial charge is 0.248 e. The third-order valence-corrected chi connectivity index (χ3v) is 5.65. The number of hydrogen-bond donors (Lipinski definition) is 0. The highest BCUT2D eigenvalue weighted by molar-refractivity contribution is 5.96. The van der Waals surface area contributed by atoms with E-state index >= 15 is 0 Å². The molecule has 27 heavy (non-hydrogen) atoms. The first-order chi connectivity index (χ1) is 13.1. The summed E-state index contributed by atoms with van der Waals surface area (Å²) >= 11 is 0. The van der Waals surface area contributed by atoms with Gasteiger partial charge in [-0.1, -0.05) is 93.6 Å². The number of hydrogen-bond acceptors (Lipinski definition) is 1. The minimum atomic E-state index is 0.199. The maximum atomic E-state index is 4.94. The van der Waals surface area contributed by atoms with E-state index in [1.54, 1.807) is 0 Å². The summed E-state index contributed by atoms with van der Waals surface area (Å²) in [5, 5.41) is 1.19. The van der Waals surface area contributed by atoms with E-state index in [-0.39, 0.29) is 5.41 Å². The van der Waals surface area contributed by atoms with E-state index in [0.29, 0.717) is 0 Å². The van der Waals surface area contributed by atoms with Gasteiger partial charge < -0.3 is 0 Å². The van der Waals surface area contributed by atoms with Crippen molar-refractivity contribution < 1.29 is 0 Å². The fourth-order valence-electron chi connectivity index (χ4n) is 3.48. The van der Waals surface area contributed by atoms with Gasteiger partial charge in [0.2, 0.25) is 0 Å². The van der Waals surface area contributed by atoms with E-state index in [2.05, 4.69) is 106 Å². The third-order valence-electron chi connectivity index (χ3n) is 5.65. The van der Waals surface area contributed by atoms with Gasteiger partial charge >= 0.3 is 0 Å². The molecule has 0 fully saturated rings. The summed E-state index contributed by atoms with van der Waals surface area (Å²) in [6, 6.07) is 30.1. The minimum Gasteiger partial charge on any atom is -0.248 e. The van der Waals surface area contributed by atoms with Crippen LogP contribution in [0.25, 0.3) is 33.3 Å². The van der Waals surface area contributed by atoms with Crippen LogP contribution in [0.4, 0.5) is 0 Å². The van der Waals surface area contributed by atoms with E-state index in [0.717, 1.165) is 23.2 Å². The van der Waals surface area contributed by atoms with Gasteiger partial charge in [-0.3, -0.25) is 0 Å². The van der Waals surface area contributed by atoms with Crippen molar-refractivity contribution in [3.05, 3.63) is 90.5 Å². The third kappa shape index (κ3) is 3.38. The molecule has 0 amide bonds. The molecule has 0 atom stereocenters. The van der Waals surface area contributed by atoms with Gasteiger partial charge in [0.15, 0.2) is 0 Å². The zero-order valence-corrected chi connectivity index (χ0v) is 16.2. The molecule has 0 aliphatic rings. The Bertz CT molecular complexity index is 1060. The maximum Gasteiger partial charge on any atom is 0.0715 e. The van der Waals surface area contributed by atoms with Crippen LogP contribution in [-0.2, 0) is 5.41 Å². The van der Waals surface area contributed by atoms with Crippen LogP contribution < -0.4 is 0 Å². The molecular weight excluding hydrogens is 326 g/mol. The Kier molecular flexibility index (Phi) is 4.53. The molecule has 0 saturated heterocycles. The van der Waals surface area contributed by atoms with Gasteiger partial charge in [0.25, 0.3) is 0 Å². The van der Waals surface area contributed by atoms with E-state index in [4.69, 9.17) is 4.98 Å². The number of para-hydroxylation sites is 1. The maximum absolute atomic E-state index is 4.94. The molecule has 0 radical (unpaired) electrons. The standard InChI is InChI=1S/C26H25N/c1-4-26(2,3)21-16-14-20(15-17-21)25-18-23(19-10-6-5-7-11-19)22-12-8-9-13-24(22)27-25/h5-18H,4H2,1-3H3.